The van der Waals surface area contributed by atoms with E-state index >= 15 is 0 Å². The van der Waals surface area contributed by atoms with E-state index in [1.54, 1.807) is 12.1 Å². The van der Waals surface area contributed by atoms with E-state index in [0.29, 0.717) is 18.3 Å². The third-order valence-electron chi connectivity index (χ3n) is 4.59. The molecule has 136 valence electrons. The summed E-state index contributed by atoms with van der Waals surface area (Å²) >= 11 is 0. The van der Waals surface area contributed by atoms with Crippen LogP contribution in [0.3, 0.4) is 0 Å². The van der Waals surface area contributed by atoms with Crippen LogP contribution in [-0.2, 0) is 9.53 Å². The van der Waals surface area contributed by atoms with Gasteiger partial charge in [-0.05, 0) is 65.5 Å². The molecule has 3 nitrogen and oxygen atoms in total. The highest BCUT2D eigenvalue weighted by Crippen LogP contribution is 2.38. The fourth-order valence-corrected chi connectivity index (χ4v) is 2.77. The van der Waals surface area contributed by atoms with Gasteiger partial charge < -0.3 is 9.47 Å². The van der Waals surface area contributed by atoms with Crippen molar-refractivity contribution < 1.29 is 14.3 Å². The van der Waals surface area contributed by atoms with Crippen molar-refractivity contribution in [1.29, 1.82) is 0 Å². The summed E-state index contributed by atoms with van der Waals surface area (Å²) in [6, 6.07) is 9.19. The van der Waals surface area contributed by atoms with Crippen molar-refractivity contribution in [2.45, 2.75) is 71.5 Å². The molecular formula is C22H30O3. The van der Waals surface area contributed by atoms with E-state index in [2.05, 4.69) is 33.8 Å². The van der Waals surface area contributed by atoms with Crippen LogP contribution in [0, 0.1) is 0 Å². The standard InChI is InChI=1S/C22H30O3/c1-17(13-15-20-22(3,4)25-20)9-8-10-18(2)14-16-21(23)24-19-11-6-5-7-12-19/h5-7,9,11-12,14,20H,8,10,13,15-16H2,1-4H3/b17-9+,18-14+/t20-/m1/s1. The predicted octanol–water partition coefficient (Wildman–Crippen LogP) is 5.61. The van der Waals surface area contributed by atoms with Crippen molar-refractivity contribution in [3.05, 3.63) is 53.6 Å². The SMILES string of the molecule is C/C(=C\CC(=O)Oc1ccccc1)CC/C=C(\C)CC[C@H]1OC1(C)C. The fourth-order valence-electron chi connectivity index (χ4n) is 2.77. The second-order valence-corrected chi connectivity index (χ2v) is 7.38. The summed E-state index contributed by atoms with van der Waals surface area (Å²) in [5, 5.41) is 0. The van der Waals surface area contributed by atoms with Gasteiger partial charge in [-0.1, -0.05) is 41.5 Å². The molecule has 0 radical (unpaired) electrons. The highest BCUT2D eigenvalue weighted by atomic mass is 16.6. The average molecular weight is 342 g/mol. The minimum Gasteiger partial charge on any atom is -0.426 e. The van der Waals surface area contributed by atoms with Gasteiger partial charge in [-0.2, -0.15) is 0 Å². The van der Waals surface area contributed by atoms with Gasteiger partial charge in [0.2, 0.25) is 0 Å². The lowest BCUT2D eigenvalue weighted by atomic mass is 10.0. The van der Waals surface area contributed by atoms with Crippen molar-refractivity contribution in [2.75, 3.05) is 0 Å². The molecule has 2 rings (SSSR count). The largest absolute Gasteiger partial charge is 0.426 e. The number of carbonyl (C=O) groups excluding carboxylic acids is 1. The predicted molar refractivity (Wildman–Crippen MR) is 102 cm³/mol. The zero-order chi connectivity index (χ0) is 18.3. The van der Waals surface area contributed by atoms with Crippen LogP contribution in [0.25, 0.3) is 0 Å². The lowest BCUT2D eigenvalue weighted by Crippen LogP contribution is -2.06. The van der Waals surface area contributed by atoms with Crippen LogP contribution in [0.1, 0.15) is 59.8 Å². The molecule has 3 heteroatoms. The number of allylic oxidation sites excluding steroid dienone is 3. The van der Waals surface area contributed by atoms with E-state index in [0.717, 1.165) is 25.7 Å². The van der Waals surface area contributed by atoms with Gasteiger partial charge in [-0.3, -0.25) is 4.79 Å². The quantitative estimate of drug-likeness (QED) is 0.253. The Bertz CT molecular complexity index is 626. The average Bonchev–Trinajstić information content (AvgIpc) is 3.19. The Hall–Kier alpha value is -1.87. The van der Waals surface area contributed by atoms with Crippen molar-refractivity contribution in [2.24, 2.45) is 0 Å². The topological polar surface area (TPSA) is 38.8 Å². The summed E-state index contributed by atoms with van der Waals surface area (Å²) in [4.78, 5) is 11.8. The Morgan fingerprint density at radius 3 is 2.40 bits per heavy atom. The first-order valence-electron chi connectivity index (χ1n) is 9.11. The van der Waals surface area contributed by atoms with E-state index in [1.807, 2.05) is 24.3 Å². The van der Waals surface area contributed by atoms with Gasteiger partial charge in [-0.25, -0.2) is 0 Å². The Balaban J connectivity index is 1.63. The van der Waals surface area contributed by atoms with Crippen LogP contribution < -0.4 is 4.74 Å². The molecule has 0 saturated carbocycles. The van der Waals surface area contributed by atoms with Gasteiger partial charge in [0.15, 0.2) is 0 Å². The highest BCUT2D eigenvalue weighted by Gasteiger charge is 2.46. The molecule has 0 aliphatic carbocycles. The van der Waals surface area contributed by atoms with Crippen LogP contribution in [-0.4, -0.2) is 17.7 Å². The van der Waals surface area contributed by atoms with Crippen molar-refractivity contribution >= 4 is 5.97 Å². The van der Waals surface area contributed by atoms with Crippen LogP contribution in [0.4, 0.5) is 0 Å². The first kappa shape index (κ1) is 19.5. The number of hydrogen-bond acceptors (Lipinski definition) is 3. The number of benzene rings is 1. The zero-order valence-corrected chi connectivity index (χ0v) is 15.9. The van der Waals surface area contributed by atoms with Crippen molar-refractivity contribution in [3.63, 3.8) is 0 Å². The molecule has 1 saturated heterocycles. The lowest BCUT2D eigenvalue weighted by molar-refractivity contribution is -0.133. The first-order valence-corrected chi connectivity index (χ1v) is 9.11. The van der Waals surface area contributed by atoms with E-state index in [1.165, 1.54) is 11.1 Å². The minimum atomic E-state index is -0.218. The molecule has 1 aromatic carbocycles. The number of esters is 1. The molecule has 1 aliphatic heterocycles. The molecule has 0 amide bonds. The summed E-state index contributed by atoms with van der Waals surface area (Å²) in [6.45, 7) is 8.55. The lowest BCUT2D eigenvalue weighted by Gasteiger charge is -2.03. The van der Waals surface area contributed by atoms with Gasteiger partial charge in [0.05, 0.1) is 18.1 Å². The maximum absolute atomic E-state index is 11.8. The normalized spacial score (nSPS) is 19.6. The highest BCUT2D eigenvalue weighted by molar-refractivity contribution is 5.74. The number of hydrogen-bond donors (Lipinski definition) is 0. The fraction of sp³-hybridized carbons (Fsp3) is 0.500. The number of para-hydroxylation sites is 1. The smallest absolute Gasteiger partial charge is 0.315 e. The van der Waals surface area contributed by atoms with Gasteiger partial charge in [0, 0.05) is 0 Å². The minimum absolute atomic E-state index is 0.0912. The summed E-state index contributed by atoms with van der Waals surface area (Å²) in [5.41, 5.74) is 2.73. The third-order valence-corrected chi connectivity index (χ3v) is 4.59. The van der Waals surface area contributed by atoms with Crippen LogP contribution in [0.2, 0.25) is 0 Å². The molecule has 0 unspecified atom stereocenters. The summed E-state index contributed by atoms with van der Waals surface area (Å²) in [5.74, 6) is 0.379. The van der Waals surface area contributed by atoms with E-state index in [-0.39, 0.29) is 11.6 Å². The summed E-state index contributed by atoms with van der Waals surface area (Å²) in [6.07, 6.45) is 9.20. The molecule has 1 aromatic rings. The van der Waals surface area contributed by atoms with Gasteiger partial charge in [-0.15, -0.1) is 0 Å². The number of epoxide rings is 1. The molecule has 1 aliphatic rings. The summed E-state index contributed by atoms with van der Waals surface area (Å²) in [7, 11) is 0. The van der Waals surface area contributed by atoms with E-state index in [9.17, 15) is 4.79 Å². The maximum atomic E-state index is 11.8. The van der Waals surface area contributed by atoms with E-state index in [4.69, 9.17) is 9.47 Å². The molecule has 0 N–H and O–H groups in total. The second-order valence-electron chi connectivity index (χ2n) is 7.38. The first-order chi connectivity index (χ1) is 11.9. The molecule has 25 heavy (non-hydrogen) atoms. The van der Waals surface area contributed by atoms with Gasteiger partial charge >= 0.3 is 5.97 Å². The Morgan fingerprint density at radius 1 is 1.12 bits per heavy atom. The van der Waals surface area contributed by atoms with Gasteiger partial charge in [0.1, 0.15) is 5.75 Å². The zero-order valence-electron chi connectivity index (χ0n) is 15.9. The molecule has 1 atom stereocenters. The monoisotopic (exact) mass is 342 g/mol. The Morgan fingerprint density at radius 2 is 1.76 bits per heavy atom. The number of rotatable bonds is 9. The van der Waals surface area contributed by atoms with Crippen molar-refractivity contribution in [1.82, 2.24) is 0 Å². The van der Waals surface area contributed by atoms with Crippen LogP contribution >= 0.6 is 0 Å². The summed E-state index contributed by atoms with van der Waals surface area (Å²) < 4.78 is 10.9. The molecule has 1 heterocycles. The number of carbonyl (C=O) groups is 1. The third kappa shape index (κ3) is 7.27. The Kier molecular flexibility index (Phi) is 7.01. The van der Waals surface area contributed by atoms with E-state index < -0.39 is 0 Å². The molecule has 0 bridgehead atoms. The number of ether oxygens (including phenoxy) is 2. The maximum Gasteiger partial charge on any atom is 0.315 e. The molecular weight excluding hydrogens is 312 g/mol. The van der Waals surface area contributed by atoms with Gasteiger partial charge in [0.25, 0.3) is 0 Å². The van der Waals surface area contributed by atoms with Crippen molar-refractivity contribution in [3.8, 4) is 5.75 Å². The molecule has 1 fully saturated rings. The molecule has 0 aromatic heterocycles. The second kappa shape index (κ2) is 9.00. The van der Waals surface area contributed by atoms with Crippen LogP contribution in [0.5, 0.6) is 5.75 Å². The Labute approximate surface area is 151 Å². The molecule has 0 spiro atoms. The van der Waals surface area contributed by atoms with Crippen LogP contribution in [0.15, 0.2) is 53.6 Å².